The molecule has 4 nitrogen and oxygen atoms in total. The topological polar surface area (TPSA) is 69.6 Å². The molecule has 0 aliphatic heterocycles. The van der Waals surface area contributed by atoms with Crippen molar-refractivity contribution >= 4 is 5.97 Å². The Balaban J connectivity index is 2.24. The molecule has 1 aliphatic carbocycles. The van der Waals surface area contributed by atoms with E-state index in [2.05, 4.69) is 5.32 Å². The summed E-state index contributed by atoms with van der Waals surface area (Å²) >= 11 is 0. The van der Waals surface area contributed by atoms with Crippen molar-refractivity contribution in [2.45, 2.75) is 32.1 Å². The minimum absolute atomic E-state index is 0.0107. The molecule has 1 unspecified atom stereocenters. The van der Waals surface area contributed by atoms with Gasteiger partial charge in [-0.15, -0.1) is 0 Å². The van der Waals surface area contributed by atoms with Crippen LogP contribution in [0.3, 0.4) is 0 Å². The van der Waals surface area contributed by atoms with Crippen molar-refractivity contribution in [3.05, 3.63) is 0 Å². The molecule has 0 amide bonds. The van der Waals surface area contributed by atoms with E-state index in [9.17, 15) is 9.90 Å². The van der Waals surface area contributed by atoms with Crippen LogP contribution in [0, 0.1) is 11.8 Å². The number of carboxylic acid groups (broad SMARTS) is 1. The summed E-state index contributed by atoms with van der Waals surface area (Å²) in [5.74, 6) is -0.0370. The average molecular weight is 215 g/mol. The van der Waals surface area contributed by atoms with E-state index in [0.717, 1.165) is 0 Å². The number of rotatable bonds is 6. The van der Waals surface area contributed by atoms with Crippen LogP contribution in [0.5, 0.6) is 0 Å². The van der Waals surface area contributed by atoms with Crippen molar-refractivity contribution in [3.63, 3.8) is 0 Å². The molecular weight excluding hydrogens is 194 g/mol. The highest BCUT2D eigenvalue weighted by Crippen LogP contribution is 2.29. The summed E-state index contributed by atoms with van der Waals surface area (Å²) in [5, 5.41) is 20.6. The van der Waals surface area contributed by atoms with E-state index in [-0.39, 0.29) is 19.1 Å². The van der Waals surface area contributed by atoms with Gasteiger partial charge in [0, 0.05) is 13.2 Å². The number of nitrogens with one attached hydrogen (secondary N) is 1. The molecule has 1 aliphatic rings. The molecular formula is C11H21NO3. The first-order valence-electron chi connectivity index (χ1n) is 5.77. The molecule has 1 atom stereocenters. The smallest absolute Gasteiger partial charge is 0.317 e. The van der Waals surface area contributed by atoms with Gasteiger partial charge in [0.15, 0.2) is 0 Å². The maximum absolute atomic E-state index is 10.3. The number of carboxylic acids is 1. The molecule has 0 bridgehead atoms. The number of aliphatic hydroxyl groups is 1. The van der Waals surface area contributed by atoms with Gasteiger partial charge in [-0.1, -0.05) is 32.1 Å². The summed E-state index contributed by atoms with van der Waals surface area (Å²) < 4.78 is 0. The largest absolute Gasteiger partial charge is 0.480 e. The van der Waals surface area contributed by atoms with Gasteiger partial charge in [-0.05, 0) is 11.8 Å². The fraction of sp³-hybridized carbons (Fsp3) is 0.909. The lowest BCUT2D eigenvalue weighted by Crippen LogP contribution is -2.34. The first-order chi connectivity index (χ1) is 7.24. The van der Waals surface area contributed by atoms with Crippen molar-refractivity contribution in [2.24, 2.45) is 11.8 Å². The third kappa shape index (κ3) is 4.62. The molecule has 0 aromatic heterocycles. The fourth-order valence-corrected chi connectivity index (χ4v) is 2.35. The van der Waals surface area contributed by atoms with Gasteiger partial charge in [-0.25, -0.2) is 0 Å². The van der Waals surface area contributed by atoms with Crippen LogP contribution < -0.4 is 5.32 Å². The number of hydrogen-bond donors (Lipinski definition) is 3. The molecule has 0 aromatic carbocycles. The van der Waals surface area contributed by atoms with Crippen molar-refractivity contribution in [2.75, 3.05) is 19.7 Å². The second-order valence-corrected chi connectivity index (χ2v) is 4.37. The molecule has 88 valence electrons. The molecule has 3 N–H and O–H groups in total. The molecule has 1 rings (SSSR count). The zero-order chi connectivity index (χ0) is 11.1. The van der Waals surface area contributed by atoms with Gasteiger partial charge < -0.3 is 15.5 Å². The van der Waals surface area contributed by atoms with Crippen molar-refractivity contribution in [1.82, 2.24) is 5.32 Å². The number of aliphatic hydroxyl groups excluding tert-OH is 1. The first kappa shape index (κ1) is 12.5. The van der Waals surface area contributed by atoms with Crippen LogP contribution in [0.1, 0.15) is 32.1 Å². The van der Waals surface area contributed by atoms with Crippen molar-refractivity contribution in [1.29, 1.82) is 0 Å². The molecule has 1 fully saturated rings. The Morgan fingerprint density at radius 2 is 2.00 bits per heavy atom. The van der Waals surface area contributed by atoms with Crippen LogP contribution in [0.4, 0.5) is 0 Å². The number of carbonyl (C=O) groups is 1. The van der Waals surface area contributed by atoms with Crippen LogP contribution >= 0.6 is 0 Å². The van der Waals surface area contributed by atoms with Crippen LogP contribution in [0.2, 0.25) is 0 Å². The van der Waals surface area contributed by atoms with Gasteiger partial charge in [0.1, 0.15) is 0 Å². The molecule has 0 saturated heterocycles. The predicted molar refractivity (Wildman–Crippen MR) is 57.7 cm³/mol. The normalized spacial score (nSPS) is 20.1. The lowest BCUT2D eigenvalue weighted by atomic mass is 9.80. The van der Waals surface area contributed by atoms with Gasteiger partial charge in [-0.2, -0.15) is 0 Å². The van der Waals surface area contributed by atoms with Gasteiger partial charge in [0.25, 0.3) is 0 Å². The van der Waals surface area contributed by atoms with E-state index < -0.39 is 5.97 Å². The summed E-state index contributed by atoms with van der Waals surface area (Å²) in [6.45, 7) is 0.772. The van der Waals surface area contributed by atoms with Crippen molar-refractivity contribution in [3.8, 4) is 0 Å². The summed E-state index contributed by atoms with van der Waals surface area (Å²) in [6, 6.07) is 0. The Bertz CT molecular complexity index is 190. The zero-order valence-electron chi connectivity index (χ0n) is 9.11. The molecule has 1 saturated carbocycles. The quantitative estimate of drug-likeness (QED) is 0.614. The highest BCUT2D eigenvalue weighted by Gasteiger charge is 2.22. The minimum atomic E-state index is -0.838. The Labute approximate surface area is 90.7 Å². The van der Waals surface area contributed by atoms with Gasteiger partial charge in [0.05, 0.1) is 6.54 Å². The van der Waals surface area contributed by atoms with E-state index >= 15 is 0 Å². The molecule has 4 heteroatoms. The summed E-state index contributed by atoms with van der Waals surface area (Å²) in [4.78, 5) is 10.3. The Morgan fingerprint density at radius 1 is 1.33 bits per heavy atom. The summed E-state index contributed by atoms with van der Waals surface area (Å²) in [7, 11) is 0. The lowest BCUT2D eigenvalue weighted by molar-refractivity contribution is -0.136. The average Bonchev–Trinajstić information content (AvgIpc) is 2.25. The van der Waals surface area contributed by atoms with E-state index in [1.54, 1.807) is 0 Å². The maximum atomic E-state index is 10.3. The van der Waals surface area contributed by atoms with E-state index in [0.29, 0.717) is 12.5 Å². The third-order valence-electron chi connectivity index (χ3n) is 3.23. The van der Waals surface area contributed by atoms with E-state index in [1.807, 2.05) is 0 Å². The number of aliphatic carboxylic acids is 1. The van der Waals surface area contributed by atoms with Crippen LogP contribution in [-0.2, 0) is 4.79 Å². The highest BCUT2D eigenvalue weighted by atomic mass is 16.4. The lowest BCUT2D eigenvalue weighted by Gasteiger charge is -2.29. The van der Waals surface area contributed by atoms with E-state index in [4.69, 9.17) is 5.11 Å². The van der Waals surface area contributed by atoms with Gasteiger partial charge in [-0.3, -0.25) is 4.79 Å². The Hall–Kier alpha value is -0.610. The van der Waals surface area contributed by atoms with Crippen LogP contribution in [-0.4, -0.2) is 35.9 Å². The van der Waals surface area contributed by atoms with Crippen LogP contribution in [0.15, 0.2) is 0 Å². The van der Waals surface area contributed by atoms with E-state index in [1.165, 1.54) is 32.1 Å². The number of hydrogen-bond acceptors (Lipinski definition) is 3. The first-order valence-corrected chi connectivity index (χ1v) is 5.77. The Morgan fingerprint density at radius 3 is 2.53 bits per heavy atom. The minimum Gasteiger partial charge on any atom is -0.480 e. The zero-order valence-corrected chi connectivity index (χ0v) is 9.11. The fourth-order valence-electron chi connectivity index (χ4n) is 2.35. The molecule has 0 aromatic rings. The van der Waals surface area contributed by atoms with Gasteiger partial charge >= 0.3 is 5.97 Å². The highest BCUT2D eigenvalue weighted by molar-refractivity contribution is 5.68. The molecule has 0 spiro atoms. The molecule has 0 radical (unpaired) electrons. The maximum Gasteiger partial charge on any atom is 0.317 e. The summed E-state index contributed by atoms with van der Waals surface area (Å²) in [5.41, 5.74) is 0. The predicted octanol–water partition coefficient (Wildman–Crippen LogP) is 0.849. The second-order valence-electron chi connectivity index (χ2n) is 4.37. The third-order valence-corrected chi connectivity index (χ3v) is 3.23. The van der Waals surface area contributed by atoms with Crippen LogP contribution in [0.25, 0.3) is 0 Å². The standard InChI is InChI=1S/C11H21NO3/c13-8-10(6-12-7-11(14)15)9-4-2-1-3-5-9/h9-10,12-13H,1-8H2,(H,14,15). The molecule has 15 heavy (non-hydrogen) atoms. The van der Waals surface area contributed by atoms with Gasteiger partial charge in [0.2, 0.25) is 0 Å². The SMILES string of the molecule is O=C(O)CNCC(CO)C1CCCCC1. The monoisotopic (exact) mass is 215 g/mol. The Kier molecular flexibility index (Phi) is 5.65. The van der Waals surface area contributed by atoms with Crippen molar-refractivity contribution < 1.29 is 15.0 Å². The second kappa shape index (κ2) is 6.80. The molecule has 0 heterocycles. The summed E-state index contributed by atoms with van der Waals surface area (Å²) in [6.07, 6.45) is 6.16.